The number of aromatic nitrogens is 2. The fourth-order valence-electron chi connectivity index (χ4n) is 5.30. The predicted octanol–water partition coefficient (Wildman–Crippen LogP) is -1.75. The number of aromatic amines is 1. The molecule has 1 aromatic heterocycles. The van der Waals surface area contributed by atoms with Crippen LogP contribution in [0.4, 0.5) is 0 Å². The van der Waals surface area contributed by atoms with E-state index in [0.29, 0.717) is 25.1 Å². The van der Waals surface area contributed by atoms with Gasteiger partial charge in [0.05, 0.1) is 12.4 Å². The van der Waals surface area contributed by atoms with Crippen LogP contribution in [0.15, 0.2) is 12.5 Å². The smallest absolute Gasteiger partial charge is 0.326 e. The van der Waals surface area contributed by atoms with Crippen LogP contribution in [-0.4, -0.2) is 116 Å². The summed E-state index contributed by atoms with van der Waals surface area (Å²) in [4.78, 5) is 110. The number of aliphatic carboxylic acids is 2. The molecule has 20 heteroatoms. The molecule has 0 fully saturated rings. The maximum atomic E-state index is 13.7. The summed E-state index contributed by atoms with van der Waals surface area (Å²) in [6.07, 6.45) is 3.25. The summed E-state index contributed by atoms with van der Waals surface area (Å²) in [6, 6.07) is -8.48. The first-order chi connectivity index (χ1) is 25.7. The van der Waals surface area contributed by atoms with Gasteiger partial charge in [0, 0.05) is 24.7 Å². The van der Waals surface area contributed by atoms with Gasteiger partial charge < -0.3 is 58.6 Å². The Bertz CT molecular complexity index is 1450. The van der Waals surface area contributed by atoms with Crippen molar-refractivity contribution in [2.75, 3.05) is 6.54 Å². The molecule has 0 radical (unpaired) electrons. The molecular formula is C35H60N10O10. The largest absolute Gasteiger partial charge is 0.481 e. The van der Waals surface area contributed by atoms with Crippen molar-refractivity contribution in [2.24, 2.45) is 29.2 Å². The lowest BCUT2D eigenvalue weighted by molar-refractivity contribution is -0.144. The molecular weight excluding hydrogens is 720 g/mol. The van der Waals surface area contributed by atoms with E-state index in [0.717, 1.165) is 0 Å². The fourth-order valence-corrected chi connectivity index (χ4v) is 5.30. The number of carboxylic acids is 2. The number of hydrogen-bond donors (Lipinski definition) is 11. The third kappa shape index (κ3) is 16.8. The van der Waals surface area contributed by atoms with Crippen LogP contribution in [0, 0.1) is 17.8 Å². The second-order valence-electron chi connectivity index (χ2n) is 14.5. The van der Waals surface area contributed by atoms with Crippen LogP contribution < -0.4 is 43.4 Å². The van der Waals surface area contributed by atoms with E-state index >= 15 is 0 Å². The molecule has 6 amide bonds. The van der Waals surface area contributed by atoms with Gasteiger partial charge in [0.25, 0.3) is 0 Å². The van der Waals surface area contributed by atoms with Gasteiger partial charge in [-0.05, 0) is 56.9 Å². The van der Waals surface area contributed by atoms with Crippen molar-refractivity contribution in [1.29, 1.82) is 0 Å². The first-order valence-corrected chi connectivity index (χ1v) is 18.4. The third-order valence-corrected chi connectivity index (χ3v) is 8.67. The SMILES string of the molecule is CC(C)[C@H](NC(=O)[C@@H](NC(=O)[C@H](CCC(=O)O)NC(=O)[C@@H](NC(=O)[C@H](CCCCN)NC(=O)[C@H](C)NC(=O)[C@@H](N)Cc1cnc[nH]1)C(C)C)C(C)C)C(=O)O. The molecule has 0 aliphatic rings. The lowest BCUT2D eigenvalue weighted by atomic mass is 9.99. The van der Waals surface area contributed by atoms with Crippen molar-refractivity contribution < 1.29 is 48.6 Å². The second kappa shape index (κ2) is 23.6. The molecule has 0 spiro atoms. The van der Waals surface area contributed by atoms with Crippen molar-refractivity contribution in [3.05, 3.63) is 18.2 Å². The average Bonchev–Trinajstić information content (AvgIpc) is 3.61. The summed E-state index contributed by atoms with van der Waals surface area (Å²) in [6.45, 7) is 11.4. The molecule has 20 nitrogen and oxygen atoms in total. The number of nitrogens with one attached hydrogen (secondary N) is 7. The highest BCUT2D eigenvalue weighted by Crippen LogP contribution is 2.11. The van der Waals surface area contributed by atoms with Crippen molar-refractivity contribution in [3.63, 3.8) is 0 Å². The molecule has 0 unspecified atom stereocenters. The second-order valence-corrected chi connectivity index (χ2v) is 14.5. The lowest BCUT2D eigenvalue weighted by Crippen LogP contribution is -2.61. The molecule has 1 heterocycles. The van der Waals surface area contributed by atoms with E-state index in [1.54, 1.807) is 41.5 Å². The zero-order valence-electron chi connectivity index (χ0n) is 32.6. The maximum absolute atomic E-state index is 13.7. The normalized spacial score (nSPS) is 15.1. The minimum Gasteiger partial charge on any atom is -0.481 e. The zero-order valence-corrected chi connectivity index (χ0v) is 32.6. The zero-order chi connectivity index (χ0) is 42.0. The van der Waals surface area contributed by atoms with Crippen LogP contribution in [0.3, 0.4) is 0 Å². The molecule has 7 atom stereocenters. The molecule has 310 valence electrons. The van der Waals surface area contributed by atoms with Gasteiger partial charge in [-0.2, -0.15) is 0 Å². The van der Waals surface area contributed by atoms with E-state index in [1.807, 2.05) is 0 Å². The number of nitrogens with two attached hydrogens (primary N) is 2. The van der Waals surface area contributed by atoms with Crippen molar-refractivity contribution in [2.45, 2.75) is 129 Å². The minimum absolute atomic E-state index is 0.128. The number of rotatable bonds is 25. The number of hydrogen-bond acceptors (Lipinski definition) is 11. The van der Waals surface area contributed by atoms with Gasteiger partial charge >= 0.3 is 11.9 Å². The Labute approximate surface area is 320 Å². The summed E-state index contributed by atoms with van der Waals surface area (Å²) in [7, 11) is 0. The number of H-pyrrole nitrogens is 1. The number of imidazole rings is 1. The van der Waals surface area contributed by atoms with Gasteiger partial charge in [0.2, 0.25) is 35.4 Å². The number of carbonyl (C=O) groups excluding carboxylic acids is 6. The first kappa shape index (κ1) is 47.9. The third-order valence-electron chi connectivity index (χ3n) is 8.67. The Morgan fingerprint density at radius 3 is 1.60 bits per heavy atom. The summed E-state index contributed by atoms with van der Waals surface area (Å²) >= 11 is 0. The lowest BCUT2D eigenvalue weighted by Gasteiger charge is -2.29. The molecule has 0 aliphatic heterocycles. The molecule has 0 aliphatic carbocycles. The average molecular weight is 781 g/mol. The van der Waals surface area contributed by atoms with E-state index in [9.17, 15) is 48.6 Å². The van der Waals surface area contributed by atoms with Crippen molar-refractivity contribution >= 4 is 47.4 Å². The van der Waals surface area contributed by atoms with Gasteiger partial charge in [-0.25, -0.2) is 9.78 Å². The Balaban J connectivity index is 3.16. The summed E-state index contributed by atoms with van der Waals surface area (Å²) in [5, 5.41) is 34.0. The quantitative estimate of drug-likeness (QED) is 0.0492. The maximum Gasteiger partial charge on any atom is 0.326 e. The fraction of sp³-hybridized carbons (Fsp3) is 0.686. The molecule has 1 rings (SSSR count). The highest BCUT2D eigenvalue weighted by molar-refractivity contribution is 5.97. The van der Waals surface area contributed by atoms with E-state index in [4.69, 9.17) is 11.5 Å². The van der Waals surface area contributed by atoms with E-state index in [2.05, 4.69) is 41.9 Å². The van der Waals surface area contributed by atoms with Crippen LogP contribution in [-0.2, 0) is 44.8 Å². The van der Waals surface area contributed by atoms with Gasteiger partial charge in [0.1, 0.15) is 36.3 Å². The molecule has 1 aromatic rings. The summed E-state index contributed by atoms with van der Waals surface area (Å²) in [5.41, 5.74) is 12.2. The van der Waals surface area contributed by atoms with Crippen LogP contribution in [0.2, 0.25) is 0 Å². The van der Waals surface area contributed by atoms with Gasteiger partial charge in [0.15, 0.2) is 0 Å². The monoisotopic (exact) mass is 780 g/mol. The highest BCUT2D eigenvalue weighted by Gasteiger charge is 2.35. The van der Waals surface area contributed by atoms with E-state index < -0.39 is 114 Å². The van der Waals surface area contributed by atoms with Crippen LogP contribution in [0.5, 0.6) is 0 Å². The van der Waals surface area contributed by atoms with Gasteiger partial charge in [-0.1, -0.05) is 41.5 Å². The Hall–Kier alpha value is -5.11. The molecule has 0 saturated heterocycles. The molecule has 0 aromatic carbocycles. The number of amides is 6. The summed E-state index contributed by atoms with van der Waals surface area (Å²) < 4.78 is 0. The Morgan fingerprint density at radius 2 is 1.15 bits per heavy atom. The minimum atomic E-state index is -1.47. The van der Waals surface area contributed by atoms with Gasteiger partial charge in [-0.15, -0.1) is 0 Å². The number of unbranched alkanes of at least 4 members (excludes halogenated alkanes) is 1. The first-order valence-electron chi connectivity index (χ1n) is 18.4. The number of carboxylic acid groups (broad SMARTS) is 2. The Kier molecular flexibility index (Phi) is 20.6. The predicted molar refractivity (Wildman–Crippen MR) is 199 cm³/mol. The van der Waals surface area contributed by atoms with Crippen LogP contribution >= 0.6 is 0 Å². The van der Waals surface area contributed by atoms with Crippen LogP contribution in [0.25, 0.3) is 0 Å². The Morgan fingerprint density at radius 1 is 0.655 bits per heavy atom. The standard InChI is InChI=1S/C35H60N10O10/c1-17(2)26(33(52)42-24(11-12-25(46)47)32(51)44-27(18(3)4)34(53)45-28(19(5)6)35(54)55)43-31(50)23(10-8-9-13-36)41-29(48)20(7)40-30(49)22(37)14-21-15-38-16-39-21/h15-20,22-24,26-28H,8-14,36-37H2,1-7H3,(H,38,39)(H,40,49)(H,41,48)(H,42,52)(H,43,50)(H,44,51)(H,45,53)(H,46,47)(H,54,55)/t20-,22-,23-,24-,26-,27-,28-/m0/s1. The molecule has 0 bridgehead atoms. The van der Waals surface area contributed by atoms with Crippen molar-refractivity contribution in [1.82, 2.24) is 41.9 Å². The van der Waals surface area contributed by atoms with Crippen LogP contribution in [0.1, 0.15) is 86.3 Å². The number of nitrogens with zero attached hydrogens (tertiary/aromatic N) is 1. The summed E-state index contributed by atoms with van der Waals surface area (Å²) in [5.74, 6) is -8.69. The van der Waals surface area contributed by atoms with Gasteiger partial charge in [-0.3, -0.25) is 33.6 Å². The molecule has 55 heavy (non-hydrogen) atoms. The van der Waals surface area contributed by atoms with Crippen molar-refractivity contribution in [3.8, 4) is 0 Å². The number of carbonyl (C=O) groups is 8. The highest BCUT2D eigenvalue weighted by atomic mass is 16.4. The van der Waals surface area contributed by atoms with E-state index in [-0.39, 0.29) is 19.3 Å². The molecule has 0 saturated carbocycles. The topological polar surface area (TPSA) is 330 Å². The van der Waals surface area contributed by atoms with E-state index in [1.165, 1.54) is 19.4 Å². The molecule has 13 N–H and O–H groups in total.